The second-order valence-electron chi connectivity index (χ2n) is 4.87. The first-order valence-corrected chi connectivity index (χ1v) is 6.60. The van der Waals surface area contributed by atoms with Gasteiger partial charge in [0.2, 0.25) is 0 Å². The van der Waals surface area contributed by atoms with Crippen molar-refractivity contribution in [3.05, 3.63) is 71.4 Å². The highest BCUT2D eigenvalue weighted by Crippen LogP contribution is 2.26. The number of hydrogen-bond donors (Lipinski definition) is 1. The minimum atomic E-state index is 0.587. The monoisotopic (exact) mass is 250 g/mol. The van der Waals surface area contributed by atoms with E-state index in [-0.39, 0.29) is 0 Å². The number of aryl methyl sites for hydroxylation is 1. The van der Waals surface area contributed by atoms with E-state index in [1.165, 1.54) is 27.7 Å². The summed E-state index contributed by atoms with van der Waals surface area (Å²) >= 11 is 0. The number of para-hydroxylation sites is 1. The lowest BCUT2D eigenvalue weighted by Crippen LogP contribution is -2.04. The lowest BCUT2D eigenvalue weighted by atomic mass is 10.0. The first-order chi connectivity index (χ1) is 9.31. The predicted molar refractivity (Wildman–Crippen MR) is 80.1 cm³/mol. The van der Waals surface area contributed by atoms with Crippen molar-refractivity contribution in [2.45, 2.75) is 13.0 Å². The van der Waals surface area contributed by atoms with Gasteiger partial charge >= 0.3 is 0 Å². The van der Waals surface area contributed by atoms with Crippen LogP contribution < -0.4 is 5.73 Å². The molecular formula is C17H18N2. The Morgan fingerprint density at radius 2 is 1.63 bits per heavy atom. The summed E-state index contributed by atoms with van der Waals surface area (Å²) in [5, 5.41) is 1.28. The van der Waals surface area contributed by atoms with E-state index in [0.29, 0.717) is 6.54 Å². The number of fused-ring (bicyclic) bond motifs is 1. The zero-order chi connectivity index (χ0) is 13.2. The maximum absolute atomic E-state index is 5.97. The molecule has 0 saturated heterocycles. The van der Waals surface area contributed by atoms with E-state index in [9.17, 15) is 0 Å². The van der Waals surface area contributed by atoms with Crippen molar-refractivity contribution in [2.24, 2.45) is 12.8 Å². The Kier molecular flexibility index (Phi) is 3.10. The molecule has 1 heterocycles. The topological polar surface area (TPSA) is 30.9 Å². The Morgan fingerprint density at radius 3 is 2.37 bits per heavy atom. The van der Waals surface area contributed by atoms with Crippen LogP contribution in [0.1, 0.15) is 16.8 Å². The molecule has 0 spiro atoms. The van der Waals surface area contributed by atoms with E-state index in [0.717, 1.165) is 6.42 Å². The Balaban J connectivity index is 2.15. The summed E-state index contributed by atoms with van der Waals surface area (Å²) in [5.74, 6) is 0. The van der Waals surface area contributed by atoms with Crippen LogP contribution in [0.4, 0.5) is 0 Å². The maximum atomic E-state index is 5.97. The summed E-state index contributed by atoms with van der Waals surface area (Å²) in [4.78, 5) is 0. The van der Waals surface area contributed by atoms with Gasteiger partial charge in [-0.05, 0) is 17.2 Å². The molecule has 0 unspecified atom stereocenters. The van der Waals surface area contributed by atoms with Crippen molar-refractivity contribution in [2.75, 3.05) is 0 Å². The Bertz CT molecular complexity index is 696. The predicted octanol–water partition coefficient (Wildman–Crippen LogP) is 3.23. The summed E-state index contributed by atoms with van der Waals surface area (Å²) in [6, 6.07) is 19.0. The molecule has 3 rings (SSSR count). The molecular weight excluding hydrogens is 232 g/mol. The lowest BCUT2D eigenvalue weighted by molar-refractivity contribution is 0.857. The average Bonchev–Trinajstić information content (AvgIpc) is 2.73. The molecule has 2 nitrogen and oxygen atoms in total. The van der Waals surface area contributed by atoms with Crippen molar-refractivity contribution in [1.29, 1.82) is 0 Å². The van der Waals surface area contributed by atoms with Gasteiger partial charge in [-0.3, -0.25) is 0 Å². The largest absolute Gasteiger partial charge is 0.347 e. The molecule has 0 aliphatic heterocycles. The van der Waals surface area contributed by atoms with Crippen LogP contribution in [-0.4, -0.2) is 4.57 Å². The molecule has 1 aromatic heterocycles. The summed E-state index contributed by atoms with van der Waals surface area (Å²) in [6.45, 7) is 0.587. The number of rotatable bonds is 3. The van der Waals surface area contributed by atoms with Crippen LogP contribution >= 0.6 is 0 Å². The molecule has 0 radical (unpaired) electrons. The van der Waals surface area contributed by atoms with E-state index in [4.69, 9.17) is 5.73 Å². The van der Waals surface area contributed by atoms with Crippen LogP contribution in [0.25, 0.3) is 10.9 Å². The molecule has 0 fully saturated rings. The highest BCUT2D eigenvalue weighted by molar-refractivity contribution is 5.85. The van der Waals surface area contributed by atoms with Crippen LogP contribution in [0.3, 0.4) is 0 Å². The molecule has 0 saturated carbocycles. The van der Waals surface area contributed by atoms with Crippen LogP contribution in [0.2, 0.25) is 0 Å². The first kappa shape index (κ1) is 12.0. The molecule has 0 bridgehead atoms. The van der Waals surface area contributed by atoms with Crippen molar-refractivity contribution in [1.82, 2.24) is 4.57 Å². The van der Waals surface area contributed by atoms with Gasteiger partial charge in [0.25, 0.3) is 0 Å². The van der Waals surface area contributed by atoms with E-state index < -0.39 is 0 Å². The molecule has 19 heavy (non-hydrogen) atoms. The fraction of sp³-hybridized carbons (Fsp3) is 0.176. The molecule has 2 N–H and O–H groups in total. The minimum absolute atomic E-state index is 0.587. The quantitative estimate of drug-likeness (QED) is 0.760. The SMILES string of the molecule is Cn1c(Cc2ccccc2)c(CN)c2ccccc21. The van der Waals surface area contributed by atoms with Gasteiger partial charge in [-0.25, -0.2) is 0 Å². The normalized spacial score (nSPS) is 11.1. The Labute approximate surface area is 113 Å². The van der Waals surface area contributed by atoms with Crippen LogP contribution in [0.15, 0.2) is 54.6 Å². The van der Waals surface area contributed by atoms with Gasteiger partial charge in [0.05, 0.1) is 0 Å². The second kappa shape index (κ2) is 4.90. The summed E-state index contributed by atoms with van der Waals surface area (Å²) in [5.41, 5.74) is 11.1. The molecule has 0 aliphatic carbocycles. The van der Waals surface area contributed by atoms with Crippen LogP contribution in [0.5, 0.6) is 0 Å². The first-order valence-electron chi connectivity index (χ1n) is 6.60. The third-order valence-corrected chi connectivity index (χ3v) is 3.76. The maximum Gasteiger partial charge on any atom is 0.0483 e. The molecule has 2 heteroatoms. The van der Waals surface area contributed by atoms with Crippen LogP contribution in [0, 0.1) is 0 Å². The van der Waals surface area contributed by atoms with Gasteiger partial charge < -0.3 is 10.3 Å². The molecule has 3 aromatic rings. The fourth-order valence-electron chi connectivity index (χ4n) is 2.77. The molecule has 0 amide bonds. The Morgan fingerprint density at radius 1 is 0.947 bits per heavy atom. The number of nitrogens with zero attached hydrogens (tertiary/aromatic N) is 1. The van der Waals surface area contributed by atoms with Gasteiger partial charge in [-0.2, -0.15) is 0 Å². The zero-order valence-corrected chi connectivity index (χ0v) is 11.1. The van der Waals surface area contributed by atoms with E-state index in [1.54, 1.807) is 0 Å². The fourth-order valence-corrected chi connectivity index (χ4v) is 2.77. The van der Waals surface area contributed by atoms with E-state index in [1.807, 2.05) is 0 Å². The van der Waals surface area contributed by atoms with E-state index >= 15 is 0 Å². The van der Waals surface area contributed by atoms with Gasteiger partial charge in [0.1, 0.15) is 0 Å². The smallest absolute Gasteiger partial charge is 0.0483 e. The van der Waals surface area contributed by atoms with Crippen molar-refractivity contribution >= 4 is 10.9 Å². The van der Waals surface area contributed by atoms with Crippen molar-refractivity contribution in [3.63, 3.8) is 0 Å². The number of nitrogens with two attached hydrogens (primary N) is 1. The third-order valence-electron chi connectivity index (χ3n) is 3.76. The van der Waals surface area contributed by atoms with Crippen molar-refractivity contribution in [3.8, 4) is 0 Å². The second-order valence-corrected chi connectivity index (χ2v) is 4.87. The zero-order valence-electron chi connectivity index (χ0n) is 11.1. The summed E-state index contributed by atoms with van der Waals surface area (Å²) < 4.78 is 2.27. The van der Waals surface area contributed by atoms with Crippen molar-refractivity contribution < 1.29 is 0 Å². The number of hydrogen-bond acceptors (Lipinski definition) is 1. The minimum Gasteiger partial charge on any atom is -0.347 e. The van der Waals surface area contributed by atoms with Gasteiger partial charge in [-0.15, -0.1) is 0 Å². The van der Waals surface area contributed by atoms with Crippen LogP contribution in [-0.2, 0) is 20.0 Å². The van der Waals surface area contributed by atoms with Gasteiger partial charge in [-0.1, -0.05) is 48.5 Å². The number of benzene rings is 2. The third kappa shape index (κ3) is 2.04. The average molecular weight is 250 g/mol. The number of aromatic nitrogens is 1. The van der Waals surface area contributed by atoms with Gasteiger partial charge in [0.15, 0.2) is 0 Å². The highest BCUT2D eigenvalue weighted by Gasteiger charge is 2.13. The summed E-state index contributed by atoms with van der Waals surface area (Å²) in [7, 11) is 2.12. The lowest BCUT2D eigenvalue weighted by Gasteiger charge is -2.07. The molecule has 96 valence electrons. The highest BCUT2D eigenvalue weighted by atomic mass is 15.0. The molecule has 0 aliphatic rings. The Hall–Kier alpha value is -2.06. The van der Waals surface area contributed by atoms with E-state index in [2.05, 4.69) is 66.2 Å². The molecule has 2 aromatic carbocycles. The standard InChI is InChI=1S/C17H18N2/c1-19-16-10-6-5-9-14(16)15(12-18)17(19)11-13-7-3-2-4-8-13/h2-10H,11-12,18H2,1H3. The summed E-state index contributed by atoms with van der Waals surface area (Å²) in [6.07, 6.45) is 0.929. The molecule has 0 atom stereocenters. The van der Waals surface area contributed by atoms with Gasteiger partial charge in [0, 0.05) is 36.6 Å².